The van der Waals surface area contributed by atoms with Gasteiger partial charge in [0, 0.05) is 36.7 Å². The Morgan fingerprint density at radius 1 is 1.35 bits per heavy atom. The molecule has 1 fully saturated rings. The Balaban J connectivity index is 1.74. The minimum atomic E-state index is -2.84. The van der Waals surface area contributed by atoms with Crippen molar-refractivity contribution in [2.75, 3.05) is 11.5 Å². The molecule has 0 saturated carbocycles. The van der Waals surface area contributed by atoms with Gasteiger partial charge in [0.15, 0.2) is 9.84 Å². The molecule has 0 amide bonds. The molecular weight excluding hydrogens is 272 g/mol. The normalized spacial score (nSPS) is 22.1. The fourth-order valence-electron chi connectivity index (χ4n) is 3.00. The van der Waals surface area contributed by atoms with Crippen LogP contribution in [0.4, 0.5) is 0 Å². The van der Waals surface area contributed by atoms with Crippen LogP contribution in [0, 0.1) is 0 Å². The lowest BCUT2D eigenvalue weighted by molar-refractivity contribution is 0.480. The Hall–Kier alpha value is -1.33. The summed E-state index contributed by atoms with van der Waals surface area (Å²) in [7, 11) is -0.803. The Bertz CT molecular complexity index is 719. The van der Waals surface area contributed by atoms with Crippen molar-refractivity contribution in [3.63, 3.8) is 0 Å². The molecule has 4 nitrogen and oxygen atoms in total. The van der Waals surface area contributed by atoms with Gasteiger partial charge in [-0.2, -0.15) is 0 Å². The van der Waals surface area contributed by atoms with Crippen molar-refractivity contribution >= 4 is 20.7 Å². The van der Waals surface area contributed by atoms with Crippen LogP contribution < -0.4 is 5.32 Å². The lowest BCUT2D eigenvalue weighted by atomic mass is 10.1. The van der Waals surface area contributed by atoms with Crippen LogP contribution in [0.15, 0.2) is 30.5 Å². The molecule has 1 aliphatic heterocycles. The van der Waals surface area contributed by atoms with Crippen LogP contribution in [-0.2, 0) is 23.4 Å². The summed E-state index contributed by atoms with van der Waals surface area (Å²) in [5.41, 5.74) is 2.44. The molecule has 2 heterocycles. The first kappa shape index (κ1) is 13.6. The van der Waals surface area contributed by atoms with E-state index in [2.05, 4.69) is 28.2 Å². The molecule has 1 aromatic carbocycles. The molecule has 1 aromatic heterocycles. The summed E-state index contributed by atoms with van der Waals surface area (Å²) in [6, 6.07) is 8.38. The summed E-state index contributed by atoms with van der Waals surface area (Å²) >= 11 is 0. The van der Waals surface area contributed by atoms with Crippen molar-refractivity contribution in [2.24, 2.45) is 7.05 Å². The third-order valence-corrected chi connectivity index (χ3v) is 5.84. The fraction of sp³-hybridized carbons (Fsp3) is 0.467. The molecule has 2 aromatic rings. The van der Waals surface area contributed by atoms with Crippen LogP contribution >= 0.6 is 0 Å². The second-order valence-corrected chi connectivity index (χ2v) is 7.85. The molecule has 108 valence electrons. The largest absolute Gasteiger partial charge is 0.350 e. The number of para-hydroxylation sites is 1. The molecule has 1 aliphatic rings. The van der Waals surface area contributed by atoms with Gasteiger partial charge in [-0.15, -0.1) is 0 Å². The van der Waals surface area contributed by atoms with Gasteiger partial charge in [0.05, 0.1) is 11.5 Å². The summed E-state index contributed by atoms with van der Waals surface area (Å²) in [4.78, 5) is 0. The van der Waals surface area contributed by atoms with E-state index in [1.807, 2.05) is 19.2 Å². The number of rotatable bonds is 3. The van der Waals surface area contributed by atoms with Gasteiger partial charge in [-0.3, -0.25) is 0 Å². The fourth-order valence-corrected chi connectivity index (χ4v) is 4.68. The van der Waals surface area contributed by atoms with Crippen LogP contribution in [0.5, 0.6) is 0 Å². The number of hydrogen-bond acceptors (Lipinski definition) is 3. The van der Waals surface area contributed by atoms with Crippen LogP contribution in [0.3, 0.4) is 0 Å². The van der Waals surface area contributed by atoms with E-state index in [1.54, 1.807) is 0 Å². The van der Waals surface area contributed by atoms with Crippen LogP contribution in [0.2, 0.25) is 0 Å². The Labute approximate surface area is 119 Å². The number of aryl methyl sites for hydroxylation is 1. The third kappa shape index (κ3) is 2.74. The first-order valence-electron chi connectivity index (χ1n) is 7.02. The van der Waals surface area contributed by atoms with E-state index in [4.69, 9.17) is 0 Å². The molecule has 0 radical (unpaired) electrons. The minimum Gasteiger partial charge on any atom is -0.350 e. The molecule has 1 saturated heterocycles. The number of hydrogen-bond donors (Lipinski definition) is 1. The Morgan fingerprint density at radius 3 is 2.95 bits per heavy atom. The zero-order valence-corrected chi connectivity index (χ0v) is 12.5. The van der Waals surface area contributed by atoms with Gasteiger partial charge in [0.25, 0.3) is 0 Å². The number of nitrogens with zero attached hydrogens (tertiary/aromatic N) is 1. The highest BCUT2D eigenvalue weighted by molar-refractivity contribution is 7.91. The third-order valence-electron chi connectivity index (χ3n) is 4.02. The van der Waals surface area contributed by atoms with Crippen molar-refractivity contribution in [3.8, 4) is 0 Å². The average molecular weight is 292 g/mol. The summed E-state index contributed by atoms with van der Waals surface area (Å²) in [6.07, 6.45) is 3.84. The summed E-state index contributed by atoms with van der Waals surface area (Å²) in [5.74, 6) is 0.622. The zero-order chi connectivity index (χ0) is 14.2. The van der Waals surface area contributed by atoms with Gasteiger partial charge in [-0.25, -0.2) is 8.42 Å². The number of sulfone groups is 1. The van der Waals surface area contributed by atoms with E-state index in [0.717, 1.165) is 19.4 Å². The van der Waals surface area contributed by atoms with Crippen molar-refractivity contribution < 1.29 is 8.42 Å². The highest BCUT2D eigenvalue weighted by Crippen LogP contribution is 2.21. The standard InChI is InChI=1S/C15H20N2O2S/c1-17-10-12(14-6-2-3-7-15(14)17)9-16-13-5-4-8-20(18,19)11-13/h2-3,6-7,10,13,16H,4-5,8-9,11H2,1H3. The topological polar surface area (TPSA) is 51.1 Å². The predicted molar refractivity (Wildman–Crippen MR) is 81.4 cm³/mol. The second-order valence-electron chi connectivity index (χ2n) is 5.62. The summed E-state index contributed by atoms with van der Waals surface area (Å²) in [5, 5.41) is 4.64. The SMILES string of the molecule is Cn1cc(CNC2CCCS(=O)(=O)C2)c2ccccc21. The highest BCUT2D eigenvalue weighted by atomic mass is 32.2. The molecular formula is C15H20N2O2S. The molecule has 3 rings (SSSR count). The van der Waals surface area contributed by atoms with E-state index in [1.165, 1.54) is 16.5 Å². The van der Waals surface area contributed by atoms with E-state index in [-0.39, 0.29) is 11.8 Å². The van der Waals surface area contributed by atoms with Crippen molar-refractivity contribution in [1.29, 1.82) is 0 Å². The van der Waals surface area contributed by atoms with Gasteiger partial charge in [-0.1, -0.05) is 18.2 Å². The molecule has 1 atom stereocenters. The van der Waals surface area contributed by atoms with Crippen LogP contribution in [0.25, 0.3) is 10.9 Å². The van der Waals surface area contributed by atoms with Gasteiger partial charge >= 0.3 is 0 Å². The smallest absolute Gasteiger partial charge is 0.151 e. The molecule has 0 bridgehead atoms. The van der Waals surface area contributed by atoms with Gasteiger partial charge < -0.3 is 9.88 Å². The van der Waals surface area contributed by atoms with Crippen molar-refractivity contribution in [1.82, 2.24) is 9.88 Å². The molecule has 20 heavy (non-hydrogen) atoms. The first-order valence-corrected chi connectivity index (χ1v) is 8.84. The zero-order valence-electron chi connectivity index (χ0n) is 11.7. The number of fused-ring (bicyclic) bond motifs is 1. The summed E-state index contributed by atoms with van der Waals surface area (Å²) < 4.78 is 25.4. The van der Waals surface area contributed by atoms with Crippen LogP contribution in [-0.4, -0.2) is 30.5 Å². The van der Waals surface area contributed by atoms with Gasteiger partial charge in [0.1, 0.15) is 0 Å². The maximum Gasteiger partial charge on any atom is 0.151 e. The first-order chi connectivity index (χ1) is 9.55. The quantitative estimate of drug-likeness (QED) is 0.939. The van der Waals surface area contributed by atoms with Crippen molar-refractivity contribution in [3.05, 3.63) is 36.0 Å². The number of benzene rings is 1. The Kier molecular flexibility index (Phi) is 3.56. The molecule has 0 aliphatic carbocycles. The van der Waals surface area contributed by atoms with Crippen molar-refractivity contribution in [2.45, 2.75) is 25.4 Å². The maximum absolute atomic E-state index is 11.6. The molecule has 1 unspecified atom stereocenters. The lowest BCUT2D eigenvalue weighted by Crippen LogP contribution is -2.39. The monoisotopic (exact) mass is 292 g/mol. The average Bonchev–Trinajstić information content (AvgIpc) is 2.73. The predicted octanol–water partition coefficient (Wildman–Crippen LogP) is 1.85. The number of nitrogens with one attached hydrogen (secondary N) is 1. The van der Waals surface area contributed by atoms with E-state index < -0.39 is 9.84 Å². The molecule has 5 heteroatoms. The highest BCUT2D eigenvalue weighted by Gasteiger charge is 2.24. The minimum absolute atomic E-state index is 0.0905. The van der Waals surface area contributed by atoms with E-state index in [0.29, 0.717) is 5.75 Å². The van der Waals surface area contributed by atoms with Gasteiger partial charge in [0.2, 0.25) is 0 Å². The Morgan fingerprint density at radius 2 is 2.15 bits per heavy atom. The molecule has 0 spiro atoms. The van der Waals surface area contributed by atoms with E-state index in [9.17, 15) is 8.42 Å². The number of aromatic nitrogens is 1. The van der Waals surface area contributed by atoms with Crippen LogP contribution in [0.1, 0.15) is 18.4 Å². The summed E-state index contributed by atoms with van der Waals surface area (Å²) in [6.45, 7) is 0.724. The van der Waals surface area contributed by atoms with E-state index >= 15 is 0 Å². The second kappa shape index (κ2) is 5.22. The van der Waals surface area contributed by atoms with Gasteiger partial charge in [-0.05, 0) is 24.5 Å². The maximum atomic E-state index is 11.6. The lowest BCUT2D eigenvalue weighted by Gasteiger charge is -2.22. The molecule has 1 N–H and O–H groups in total.